The molecule has 0 unspecified atom stereocenters. The Labute approximate surface area is 196 Å². The zero-order chi connectivity index (χ0) is 23.6. The lowest BCUT2D eigenvalue weighted by molar-refractivity contribution is -0.121. The van der Waals surface area contributed by atoms with E-state index >= 15 is 0 Å². The molecule has 0 spiro atoms. The summed E-state index contributed by atoms with van der Waals surface area (Å²) in [6.45, 7) is 0.460. The zero-order valence-electron chi connectivity index (χ0n) is 18.3. The number of hydrogen-bond donors (Lipinski definition) is 2. The minimum Gasteiger partial charge on any atom is -0.497 e. The molecule has 0 aliphatic carbocycles. The number of ether oxygens (including phenoxy) is 2. The lowest BCUT2D eigenvalue weighted by atomic mass is 9.97. The average molecular weight is 492 g/mol. The molecule has 2 aliphatic rings. The van der Waals surface area contributed by atoms with E-state index in [1.165, 1.54) is 29.2 Å². The van der Waals surface area contributed by atoms with Gasteiger partial charge in [0.1, 0.15) is 11.5 Å². The van der Waals surface area contributed by atoms with Gasteiger partial charge in [-0.2, -0.15) is 4.31 Å². The molecule has 2 aromatic carbocycles. The van der Waals surface area contributed by atoms with Gasteiger partial charge in [0.2, 0.25) is 21.8 Å². The van der Waals surface area contributed by atoms with E-state index < -0.39 is 10.0 Å². The monoisotopic (exact) mass is 491 g/mol. The fourth-order valence-corrected chi connectivity index (χ4v) is 6.16. The van der Waals surface area contributed by atoms with Crippen molar-refractivity contribution in [2.24, 2.45) is 5.92 Å². The number of benzene rings is 2. The number of thioether (sulfide) groups is 1. The highest BCUT2D eigenvalue weighted by Gasteiger charge is 2.33. The first kappa shape index (κ1) is 23.4. The molecular formula is C22H25N3O6S2. The molecular weight excluding hydrogens is 466 g/mol. The highest BCUT2D eigenvalue weighted by Crippen LogP contribution is 2.35. The summed E-state index contributed by atoms with van der Waals surface area (Å²) in [5, 5.41) is 5.60. The highest BCUT2D eigenvalue weighted by molar-refractivity contribution is 8.00. The van der Waals surface area contributed by atoms with Crippen LogP contribution in [0, 0.1) is 5.92 Å². The number of nitrogens with one attached hydrogen (secondary N) is 2. The second-order valence-electron chi connectivity index (χ2n) is 7.73. The van der Waals surface area contributed by atoms with Crippen LogP contribution in [0.4, 0.5) is 11.4 Å². The molecule has 0 aromatic heterocycles. The van der Waals surface area contributed by atoms with Gasteiger partial charge in [-0.3, -0.25) is 9.59 Å². The SMILES string of the molecule is COc1ccc(OC)c(NC(=O)C2CCN(S(=O)(=O)c3ccc4c(c3)NC(=O)CS4)CC2)c1. The van der Waals surface area contributed by atoms with E-state index in [0.717, 1.165) is 4.90 Å². The van der Waals surface area contributed by atoms with Crippen LogP contribution in [-0.2, 0) is 19.6 Å². The van der Waals surface area contributed by atoms with Gasteiger partial charge in [-0.25, -0.2) is 8.42 Å². The first-order valence-electron chi connectivity index (χ1n) is 10.4. The summed E-state index contributed by atoms with van der Waals surface area (Å²) in [6, 6.07) is 9.92. The molecule has 2 aromatic rings. The van der Waals surface area contributed by atoms with Gasteiger partial charge < -0.3 is 20.1 Å². The topological polar surface area (TPSA) is 114 Å². The molecule has 2 N–H and O–H groups in total. The third kappa shape index (κ3) is 4.94. The molecule has 2 heterocycles. The maximum absolute atomic E-state index is 13.2. The summed E-state index contributed by atoms with van der Waals surface area (Å²) < 4.78 is 38.2. The predicted molar refractivity (Wildman–Crippen MR) is 125 cm³/mol. The molecule has 1 saturated heterocycles. The molecule has 2 amide bonds. The summed E-state index contributed by atoms with van der Waals surface area (Å²) in [5.41, 5.74) is 1.02. The van der Waals surface area contributed by atoms with Gasteiger partial charge in [0.05, 0.1) is 36.2 Å². The summed E-state index contributed by atoms with van der Waals surface area (Å²) in [6.07, 6.45) is 0.795. The zero-order valence-corrected chi connectivity index (χ0v) is 19.9. The van der Waals surface area contributed by atoms with E-state index in [0.29, 0.717) is 41.5 Å². The Morgan fingerprint density at radius 3 is 2.58 bits per heavy atom. The second kappa shape index (κ2) is 9.62. The molecule has 0 atom stereocenters. The molecule has 9 nitrogen and oxygen atoms in total. The van der Waals surface area contributed by atoms with Crippen molar-refractivity contribution in [1.82, 2.24) is 4.31 Å². The number of fused-ring (bicyclic) bond motifs is 1. The van der Waals surface area contributed by atoms with Crippen LogP contribution < -0.4 is 20.1 Å². The van der Waals surface area contributed by atoms with E-state index in [1.54, 1.807) is 37.4 Å². The van der Waals surface area contributed by atoms with Crippen molar-refractivity contribution < 1.29 is 27.5 Å². The van der Waals surface area contributed by atoms with Crippen molar-refractivity contribution >= 4 is 45.0 Å². The smallest absolute Gasteiger partial charge is 0.243 e. The molecule has 2 aliphatic heterocycles. The summed E-state index contributed by atoms with van der Waals surface area (Å²) in [4.78, 5) is 25.5. The van der Waals surface area contributed by atoms with E-state index in [9.17, 15) is 18.0 Å². The third-order valence-corrected chi connectivity index (χ3v) is 8.68. The van der Waals surface area contributed by atoms with E-state index in [2.05, 4.69) is 10.6 Å². The number of anilines is 2. The minimum atomic E-state index is -3.74. The Hall–Kier alpha value is -2.76. The Balaban J connectivity index is 1.42. The van der Waals surface area contributed by atoms with Gasteiger partial charge in [-0.1, -0.05) is 0 Å². The minimum absolute atomic E-state index is 0.132. The van der Waals surface area contributed by atoms with E-state index in [4.69, 9.17) is 9.47 Å². The lowest BCUT2D eigenvalue weighted by Crippen LogP contribution is -2.41. The van der Waals surface area contributed by atoms with Crippen molar-refractivity contribution in [1.29, 1.82) is 0 Å². The molecule has 0 bridgehead atoms. The number of nitrogens with zero attached hydrogens (tertiary/aromatic N) is 1. The number of carbonyl (C=O) groups excluding carboxylic acids is 2. The van der Waals surface area contributed by atoms with E-state index in [-0.39, 0.29) is 35.7 Å². The predicted octanol–water partition coefficient (Wildman–Crippen LogP) is 2.79. The van der Waals surface area contributed by atoms with Crippen molar-refractivity contribution in [3.05, 3.63) is 36.4 Å². The van der Waals surface area contributed by atoms with Gasteiger partial charge in [0.25, 0.3) is 0 Å². The third-order valence-electron chi connectivity index (χ3n) is 5.71. The maximum Gasteiger partial charge on any atom is 0.243 e. The fourth-order valence-electron chi connectivity index (χ4n) is 3.88. The van der Waals surface area contributed by atoms with Crippen LogP contribution in [0.2, 0.25) is 0 Å². The van der Waals surface area contributed by atoms with Crippen molar-refractivity contribution in [3.63, 3.8) is 0 Å². The second-order valence-corrected chi connectivity index (χ2v) is 10.7. The molecule has 11 heteroatoms. The van der Waals surface area contributed by atoms with Crippen LogP contribution in [0.3, 0.4) is 0 Å². The molecule has 4 rings (SSSR count). The average Bonchev–Trinajstić information content (AvgIpc) is 2.83. The molecule has 176 valence electrons. The number of rotatable bonds is 6. The largest absolute Gasteiger partial charge is 0.497 e. The molecule has 33 heavy (non-hydrogen) atoms. The lowest BCUT2D eigenvalue weighted by Gasteiger charge is -2.31. The summed E-state index contributed by atoms with van der Waals surface area (Å²) >= 11 is 1.38. The van der Waals surface area contributed by atoms with Gasteiger partial charge in [0, 0.05) is 30.0 Å². The van der Waals surface area contributed by atoms with Crippen LogP contribution in [0.25, 0.3) is 0 Å². The van der Waals surface area contributed by atoms with Crippen LogP contribution in [0.15, 0.2) is 46.2 Å². The Kier molecular flexibility index (Phi) is 6.82. The number of amides is 2. The first-order valence-corrected chi connectivity index (χ1v) is 12.8. The number of piperidine rings is 1. The normalized spacial score (nSPS) is 17.1. The molecule has 0 saturated carbocycles. The Morgan fingerprint density at radius 2 is 1.88 bits per heavy atom. The van der Waals surface area contributed by atoms with Crippen molar-refractivity contribution in [2.75, 3.05) is 43.7 Å². The van der Waals surface area contributed by atoms with Crippen molar-refractivity contribution in [3.8, 4) is 11.5 Å². The summed E-state index contributed by atoms with van der Waals surface area (Å²) in [5.74, 6) is 0.754. The van der Waals surface area contributed by atoms with E-state index in [1.807, 2.05) is 0 Å². The van der Waals surface area contributed by atoms with Crippen molar-refractivity contribution in [2.45, 2.75) is 22.6 Å². The summed E-state index contributed by atoms with van der Waals surface area (Å²) in [7, 11) is -0.676. The van der Waals surface area contributed by atoms with Crippen LogP contribution in [-0.4, -0.2) is 57.6 Å². The van der Waals surface area contributed by atoms with Gasteiger partial charge in [0.15, 0.2) is 0 Å². The van der Waals surface area contributed by atoms with Crippen LogP contribution in [0.1, 0.15) is 12.8 Å². The number of carbonyl (C=O) groups is 2. The standard InChI is InChI=1S/C22H25N3O6S2/c1-30-15-3-5-19(31-2)17(11-15)24-22(27)14-7-9-25(10-8-14)33(28,29)16-4-6-20-18(12-16)23-21(26)13-32-20/h3-6,11-12,14H,7-10,13H2,1-2H3,(H,23,26)(H,24,27). The van der Waals surface area contributed by atoms with Gasteiger partial charge in [-0.05, 0) is 43.2 Å². The Bertz CT molecular complexity index is 1180. The van der Waals surface area contributed by atoms with Gasteiger partial charge >= 0.3 is 0 Å². The molecule has 1 fully saturated rings. The van der Waals surface area contributed by atoms with Gasteiger partial charge in [-0.15, -0.1) is 11.8 Å². The molecule has 0 radical (unpaired) electrons. The highest BCUT2D eigenvalue weighted by atomic mass is 32.2. The van der Waals surface area contributed by atoms with Crippen LogP contribution >= 0.6 is 11.8 Å². The number of hydrogen-bond acceptors (Lipinski definition) is 7. The Morgan fingerprint density at radius 1 is 1.12 bits per heavy atom. The van der Waals surface area contributed by atoms with Crippen LogP contribution in [0.5, 0.6) is 11.5 Å². The maximum atomic E-state index is 13.2. The number of sulfonamides is 1. The quantitative estimate of drug-likeness (QED) is 0.639. The fraction of sp³-hybridized carbons (Fsp3) is 0.364. The first-order chi connectivity index (χ1) is 15.8. The number of methoxy groups -OCH3 is 2.